The van der Waals surface area contributed by atoms with E-state index in [1.165, 1.54) is 5.56 Å². The van der Waals surface area contributed by atoms with Crippen molar-refractivity contribution in [3.63, 3.8) is 0 Å². The lowest BCUT2D eigenvalue weighted by molar-refractivity contribution is -0.120. The molecule has 1 atom stereocenters. The quantitative estimate of drug-likeness (QED) is 0.847. The predicted molar refractivity (Wildman–Crippen MR) is 93.9 cm³/mol. The number of halogens is 2. The van der Waals surface area contributed by atoms with E-state index in [1.807, 2.05) is 19.5 Å². The monoisotopic (exact) mass is 356 g/mol. The summed E-state index contributed by atoms with van der Waals surface area (Å²) >= 11 is 13.8. The maximum Gasteiger partial charge on any atom is 0.224 e. The van der Waals surface area contributed by atoms with E-state index >= 15 is 0 Å². The Morgan fingerprint density at radius 2 is 1.95 bits per heavy atom. The molecule has 1 aromatic heterocycles. The fraction of sp³-hybridized carbons (Fsp3) is 0.312. The predicted octanol–water partition coefficient (Wildman–Crippen LogP) is 4.02. The highest BCUT2D eigenvalue weighted by Gasteiger charge is 2.17. The minimum absolute atomic E-state index is 0.0860. The van der Waals surface area contributed by atoms with Crippen LogP contribution in [0, 0.1) is 0 Å². The topological polar surface area (TPSA) is 32.3 Å². The van der Waals surface area contributed by atoms with Crippen molar-refractivity contribution in [3.8, 4) is 0 Å². The molecule has 0 bridgehead atoms. The van der Waals surface area contributed by atoms with E-state index in [-0.39, 0.29) is 18.4 Å². The molecule has 2 aromatic rings. The van der Waals surface area contributed by atoms with E-state index in [0.29, 0.717) is 22.2 Å². The lowest BCUT2D eigenvalue weighted by atomic mass is 10.1. The molecule has 1 aromatic carbocycles. The van der Waals surface area contributed by atoms with E-state index < -0.39 is 0 Å². The third-order valence-electron chi connectivity index (χ3n) is 3.44. The smallest absolute Gasteiger partial charge is 0.224 e. The van der Waals surface area contributed by atoms with Gasteiger partial charge in [0.25, 0.3) is 0 Å². The Kier molecular flexibility index (Phi) is 6.26. The highest BCUT2D eigenvalue weighted by atomic mass is 35.5. The molecule has 0 fully saturated rings. The molecule has 0 aliphatic rings. The molecule has 0 saturated heterocycles. The summed E-state index contributed by atoms with van der Waals surface area (Å²) in [5.74, 6) is -0.0860. The summed E-state index contributed by atoms with van der Waals surface area (Å²) < 4.78 is 0. The zero-order chi connectivity index (χ0) is 16.1. The first-order valence-electron chi connectivity index (χ1n) is 6.87. The van der Waals surface area contributed by atoms with Gasteiger partial charge in [0, 0.05) is 16.6 Å². The molecule has 0 aliphatic heterocycles. The minimum atomic E-state index is -0.0860. The molecule has 0 spiro atoms. The van der Waals surface area contributed by atoms with Gasteiger partial charge in [-0.3, -0.25) is 4.79 Å². The molecule has 22 heavy (non-hydrogen) atoms. The fourth-order valence-corrected chi connectivity index (χ4v) is 3.44. The maximum atomic E-state index is 12.2. The summed E-state index contributed by atoms with van der Waals surface area (Å²) in [7, 11) is 4.00. The summed E-state index contributed by atoms with van der Waals surface area (Å²) in [5.41, 5.74) is 1.87. The number of thiophene rings is 1. The average Bonchev–Trinajstić information content (AvgIpc) is 2.97. The number of hydrogen-bond donors (Lipinski definition) is 1. The Bertz CT molecular complexity index is 609. The molecule has 2 rings (SSSR count). The van der Waals surface area contributed by atoms with Gasteiger partial charge in [0.05, 0.1) is 12.5 Å². The van der Waals surface area contributed by atoms with Crippen molar-refractivity contribution in [2.45, 2.75) is 12.5 Å². The highest BCUT2D eigenvalue weighted by Crippen LogP contribution is 2.25. The molecule has 1 heterocycles. The van der Waals surface area contributed by atoms with Crippen molar-refractivity contribution in [1.82, 2.24) is 10.2 Å². The van der Waals surface area contributed by atoms with Crippen molar-refractivity contribution in [2.75, 3.05) is 20.6 Å². The first-order chi connectivity index (χ1) is 10.5. The van der Waals surface area contributed by atoms with Crippen LogP contribution in [0.3, 0.4) is 0 Å². The molecule has 0 radical (unpaired) electrons. The van der Waals surface area contributed by atoms with Gasteiger partial charge in [-0.05, 0) is 54.2 Å². The Morgan fingerprint density at radius 3 is 2.50 bits per heavy atom. The molecule has 1 N–H and O–H groups in total. The van der Waals surface area contributed by atoms with Gasteiger partial charge in [-0.15, -0.1) is 0 Å². The molecule has 1 unspecified atom stereocenters. The van der Waals surface area contributed by atoms with Gasteiger partial charge in [0.15, 0.2) is 0 Å². The molecule has 1 amide bonds. The molecular formula is C16H18Cl2N2OS. The third kappa shape index (κ3) is 4.46. The van der Waals surface area contributed by atoms with Crippen LogP contribution in [-0.4, -0.2) is 31.4 Å². The van der Waals surface area contributed by atoms with Crippen LogP contribution in [0.25, 0.3) is 0 Å². The van der Waals surface area contributed by atoms with Crippen molar-refractivity contribution >= 4 is 40.4 Å². The highest BCUT2D eigenvalue weighted by molar-refractivity contribution is 7.07. The first kappa shape index (κ1) is 17.3. The van der Waals surface area contributed by atoms with E-state index in [1.54, 1.807) is 29.5 Å². The van der Waals surface area contributed by atoms with Crippen LogP contribution in [-0.2, 0) is 11.2 Å². The Hall–Kier alpha value is -1.07. The lowest BCUT2D eigenvalue weighted by Crippen LogP contribution is -2.35. The van der Waals surface area contributed by atoms with E-state index in [2.05, 4.69) is 21.7 Å². The fourth-order valence-electron chi connectivity index (χ4n) is 2.20. The van der Waals surface area contributed by atoms with E-state index in [0.717, 1.165) is 0 Å². The largest absolute Gasteiger partial charge is 0.354 e. The van der Waals surface area contributed by atoms with Gasteiger partial charge >= 0.3 is 0 Å². The van der Waals surface area contributed by atoms with Crippen LogP contribution in [0.5, 0.6) is 0 Å². The Morgan fingerprint density at radius 1 is 1.27 bits per heavy atom. The summed E-state index contributed by atoms with van der Waals surface area (Å²) in [5, 5.41) is 8.14. The number of nitrogens with zero attached hydrogens (tertiary/aromatic N) is 1. The molecule has 6 heteroatoms. The number of amides is 1. The van der Waals surface area contributed by atoms with E-state index in [4.69, 9.17) is 23.2 Å². The van der Waals surface area contributed by atoms with Gasteiger partial charge in [0.2, 0.25) is 5.91 Å². The van der Waals surface area contributed by atoms with E-state index in [9.17, 15) is 4.79 Å². The molecule has 118 valence electrons. The SMILES string of the molecule is CN(C)C(CNC(=O)Cc1c(Cl)cccc1Cl)c1ccsc1. The first-order valence-corrected chi connectivity index (χ1v) is 8.57. The van der Waals surface area contributed by atoms with Crippen molar-refractivity contribution in [2.24, 2.45) is 0 Å². The van der Waals surface area contributed by atoms with Gasteiger partial charge < -0.3 is 10.2 Å². The normalized spacial score (nSPS) is 12.4. The third-order valence-corrected chi connectivity index (χ3v) is 4.85. The van der Waals surface area contributed by atoms with Crippen molar-refractivity contribution in [1.29, 1.82) is 0 Å². The molecule has 0 saturated carbocycles. The van der Waals surface area contributed by atoms with Gasteiger partial charge in [-0.25, -0.2) is 0 Å². The molecule has 3 nitrogen and oxygen atoms in total. The standard InChI is InChI=1S/C16H18Cl2N2OS/c1-20(2)15(11-6-7-22-10-11)9-19-16(21)8-12-13(17)4-3-5-14(12)18/h3-7,10,15H,8-9H2,1-2H3,(H,19,21). The second kappa shape index (κ2) is 7.97. The van der Waals surface area contributed by atoms with Gasteiger partial charge in [0.1, 0.15) is 0 Å². The van der Waals surface area contributed by atoms with Crippen molar-refractivity contribution in [3.05, 3.63) is 56.2 Å². The van der Waals surface area contributed by atoms with Crippen LogP contribution >= 0.6 is 34.5 Å². The molecular weight excluding hydrogens is 339 g/mol. The van der Waals surface area contributed by atoms with Crippen LogP contribution in [0.15, 0.2) is 35.0 Å². The number of rotatable bonds is 6. The zero-order valence-electron chi connectivity index (χ0n) is 12.5. The summed E-state index contributed by atoms with van der Waals surface area (Å²) in [6, 6.07) is 7.47. The Balaban J connectivity index is 1.97. The second-order valence-corrected chi connectivity index (χ2v) is 6.81. The van der Waals surface area contributed by atoms with Crippen LogP contribution in [0.1, 0.15) is 17.2 Å². The van der Waals surface area contributed by atoms with Gasteiger partial charge in [-0.2, -0.15) is 11.3 Å². The molecule has 0 aliphatic carbocycles. The number of likely N-dealkylation sites (N-methyl/N-ethyl adjacent to an activating group) is 1. The van der Waals surface area contributed by atoms with Crippen molar-refractivity contribution < 1.29 is 4.79 Å². The van der Waals surface area contributed by atoms with Crippen LogP contribution in [0.2, 0.25) is 10.0 Å². The van der Waals surface area contributed by atoms with Gasteiger partial charge in [-0.1, -0.05) is 29.3 Å². The maximum absolute atomic E-state index is 12.2. The number of hydrogen-bond acceptors (Lipinski definition) is 3. The number of benzene rings is 1. The minimum Gasteiger partial charge on any atom is -0.354 e. The van der Waals surface area contributed by atoms with Crippen LogP contribution < -0.4 is 5.32 Å². The summed E-state index contributed by atoms with van der Waals surface area (Å²) in [6.07, 6.45) is 0.183. The summed E-state index contributed by atoms with van der Waals surface area (Å²) in [6.45, 7) is 0.546. The number of carbonyl (C=O) groups excluding carboxylic acids is 1. The Labute approximate surface area is 144 Å². The number of nitrogens with one attached hydrogen (secondary N) is 1. The summed E-state index contributed by atoms with van der Waals surface area (Å²) in [4.78, 5) is 14.3. The lowest BCUT2D eigenvalue weighted by Gasteiger charge is -2.24. The number of carbonyl (C=O) groups is 1. The van der Waals surface area contributed by atoms with Crippen LogP contribution in [0.4, 0.5) is 0 Å². The zero-order valence-corrected chi connectivity index (χ0v) is 14.8. The average molecular weight is 357 g/mol. The second-order valence-electron chi connectivity index (χ2n) is 5.22.